The third kappa shape index (κ3) is 2.10. The number of rotatable bonds is 4. The Morgan fingerprint density at radius 1 is 1.47 bits per heavy atom. The summed E-state index contributed by atoms with van der Waals surface area (Å²) in [4.78, 5) is 4.00. The van der Waals surface area contributed by atoms with E-state index in [-0.39, 0.29) is 6.04 Å². The van der Waals surface area contributed by atoms with Gasteiger partial charge in [0.2, 0.25) is 0 Å². The summed E-state index contributed by atoms with van der Waals surface area (Å²) in [6.07, 6.45) is 4.99. The van der Waals surface area contributed by atoms with Crippen LogP contribution in [0.25, 0.3) is 0 Å². The van der Waals surface area contributed by atoms with E-state index in [1.165, 1.54) is 0 Å². The minimum absolute atomic E-state index is 0.243. The highest BCUT2D eigenvalue weighted by Crippen LogP contribution is 2.27. The van der Waals surface area contributed by atoms with Crippen molar-refractivity contribution in [3.8, 4) is 5.75 Å². The minimum atomic E-state index is -0.243. The number of nitrogens with zero attached hydrogens (tertiary/aromatic N) is 4. The number of pyridine rings is 1. The molecule has 2 aromatic rings. The third-order valence-corrected chi connectivity index (χ3v) is 2.56. The normalized spacial score (nSPS) is 12.4. The maximum atomic E-state index is 5.59. The van der Waals surface area contributed by atoms with Crippen LogP contribution < -0.4 is 16.0 Å². The van der Waals surface area contributed by atoms with Gasteiger partial charge in [-0.25, -0.2) is 5.43 Å². The van der Waals surface area contributed by atoms with Gasteiger partial charge in [0.15, 0.2) is 0 Å². The number of methoxy groups -OCH3 is 1. The Bertz CT molecular complexity index is 497. The van der Waals surface area contributed by atoms with Crippen molar-refractivity contribution in [1.29, 1.82) is 0 Å². The summed E-state index contributed by atoms with van der Waals surface area (Å²) in [5.41, 5.74) is 4.46. The van der Waals surface area contributed by atoms with Crippen molar-refractivity contribution in [2.75, 3.05) is 7.11 Å². The Morgan fingerprint density at radius 2 is 2.29 bits per heavy atom. The second-order valence-electron chi connectivity index (χ2n) is 3.50. The molecule has 7 heteroatoms. The monoisotopic (exact) mass is 234 g/mol. The van der Waals surface area contributed by atoms with Gasteiger partial charge >= 0.3 is 0 Å². The van der Waals surface area contributed by atoms with Crippen molar-refractivity contribution in [1.82, 2.24) is 25.4 Å². The highest BCUT2D eigenvalue weighted by atomic mass is 16.5. The van der Waals surface area contributed by atoms with Crippen LogP contribution in [-0.4, -0.2) is 27.1 Å². The molecule has 0 amide bonds. The van der Waals surface area contributed by atoms with Gasteiger partial charge in [0.1, 0.15) is 5.75 Å². The molecule has 90 valence electrons. The first-order valence-corrected chi connectivity index (χ1v) is 5.06. The van der Waals surface area contributed by atoms with Crippen LogP contribution in [0.2, 0.25) is 0 Å². The van der Waals surface area contributed by atoms with Gasteiger partial charge in [-0.1, -0.05) is 5.21 Å². The van der Waals surface area contributed by atoms with Gasteiger partial charge in [0.25, 0.3) is 0 Å². The maximum absolute atomic E-state index is 5.59. The van der Waals surface area contributed by atoms with Gasteiger partial charge in [0.05, 0.1) is 31.2 Å². The number of hydrazine groups is 1. The molecule has 0 aromatic carbocycles. The van der Waals surface area contributed by atoms with E-state index in [4.69, 9.17) is 10.6 Å². The summed E-state index contributed by atoms with van der Waals surface area (Å²) in [7, 11) is 3.40. The quantitative estimate of drug-likeness (QED) is 0.561. The number of aryl methyl sites for hydroxylation is 1. The fraction of sp³-hybridized carbons (Fsp3) is 0.300. The number of ether oxygens (including phenoxy) is 1. The Balaban J connectivity index is 2.46. The second-order valence-corrected chi connectivity index (χ2v) is 3.50. The van der Waals surface area contributed by atoms with Gasteiger partial charge in [-0.05, 0) is 6.07 Å². The molecule has 2 aromatic heterocycles. The molecule has 0 spiro atoms. The van der Waals surface area contributed by atoms with E-state index in [2.05, 4.69) is 20.7 Å². The van der Waals surface area contributed by atoms with Crippen LogP contribution in [0.1, 0.15) is 17.3 Å². The van der Waals surface area contributed by atoms with E-state index < -0.39 is 0 Å². The van der Waals surface area contributed by atoms with E-state index in [9.17, 15) is 0 Å². The van der Waals surface area contributed by atoms with Crippen molar-refractivity contribution in [3.05, 3.63) is 35.9 Å². The highest BCUT2D eigenvalue weighted by Gasteiger charge is 2.20. The molecule has 2 rings (SSSR count). The van der Waals surface area contributed by atoms with Crippen molar-refractivity contribution in [2.45, 2.75) is 6.04 Å². The van der Waals surface area contributed by atoms with E-state index >= 15 is 0 Å². The molecule has 0 aliphatic rings. The minimum Gasteiger partial charge on any atom is -0.495 e. The lowest BCUT2D eigenvalue weighted by Gasteiger charge is -2.18. The van der Waals surface area contributed by atoms with Gasteiger partial charge in [0, 0.05) is 18.8 Å². The molecule has 0 radical (unpaired) electrons. The van der Waals surface area contributed by atoms with Crippen LogP contribution in [0.4, 0.5) is 0 Å². The zero-order chi connectivity index (χ0) is 12.3. The maximum Gasteiger partial charge on any atom is 0.142 e. The summed E-state index contributed by atoms with van der Waals surface area (Å²) < 4.78 is 6.92. The number of nitrogens with two attached hydrogens (primary N) is 1. The fourth-order valence-corrected chi connectivity index (χ4v) is 1.69. The van der Waals surface area contributed by atoms with Crippen molar-refractivity contribution >= 4 is 0 Å². The lowest BCUT2D eigenvalue weighted by Crippen LogP contribution is -2.30. The van der Waals surface area contributed by atoms with Crippen LogP contribution in [0.5, 0.6) is 5.75 Å². The molecule has 0 fully saturated rings. The summed E-state index contributed by atoms with van der Waals surface area (Å²) in [6.45, 7) is 0. The molecule has 1 atom stereocenters. The predicted octanol–water partition coefficient (Wildman–Crippen LogP) is -0.229. The van der Waals surface area contributed by atoms with Crippen LogP contribution in [-0.2, 0) is 7.05 Å². The highest BCUT2D eigenvalue weighted by molar-refractivity contribution is 5.37. The first-order chi connectivity index (χ1) is 8.27. The van der Waals surface area contributed by atoms with E-state index in [1.807, 2.05) is 6.07 Å². The smallest absolute Gasteiger partial charge is 0.142 e. The lowest BCUT2D eigenvalue weighted by molar-refractivity contribution is 0.400. The van der Waals surface area contributed by atoms with Crippen LogP contribution in [0.15, 0.2) is 24.7 Å². The Morgan fingerprint density at radius 3 is 2.88 bits per heavy atom. The molecule has 0 saturated heterocycles. The first-order valence-electron chi connectivity index (χ1n) is 5.06. The van der Waals surface area contributed by atoms with Gasteiger partial charge in [-0.2, -0.15) is 0 Å². The largest absolute Gasteiger partial charge is 0.495 e. The second kappa shape index (κ2) is 4.89. The Hall–Kier alpha value is -1.99. The SMILES string of the molecule is COc1cnccc1C(NN)c1cnnn1C. The standard InChI is InChI=1S/C10H14N6O/c1-16-8(5-13-15-16)10(14-11)7-3-4-12-6-9(7)17-2/h3-6,10,14H,11H2,1-2H3. The number of nitrogens with one attached hydrogen (secondary N) is 1. The molecule has 0 aliphatic carbocycles. The molecule has 2 heterocycles. The van der Waals surface area contributed by atoms with Crippen LogP contribution in [0.3, 0.4) is 0 Å². The zero-order valence-electron chi connectivity index (χ0n) is 9.66. The van der Waals surface area contributed by atoms with Crippen LogP contribution in [0, 0.1) is 0 Å². The molecule has 0 saturated carbocycles. The average molecular weight is 234 g/mol. The lowest BCUT2D eigenvalue weighted by atomic mass is 10.1. The zero-order valence-corrected chi connectivity index (χ0v) is 9.66. The van der Waals surface area contributed by atoms with Crippen molar-refractivity contribution < 1.29 is 4.74 Å². The van der Waals surface area contributed by atoms with Crippen LogP contribution >= 0.6 is 0 Å². The van der Waals surface area contributed by atoms with Crippen molar-refractivity contribution in [3.63, 3.8) is 0 Å². The summed E-state index contributed by atoms with van der Waals surface area (Å²) in [5, 5.41) is 7.71. The molecule has 17 heavy (non-hydrogen) atoms. The van der Waals surface area contributed by atoms with E-state index in [0.717, 1.165) is 11.3 Å². The first kappa shape index (κ1) is 11.5. The van der Waals surface area contributed by atoms with Gasteiger partial charge < -0.3 is 4.74 Å². The Kier molecular flexibility index (Phi) is 3.31. The summed E-state index contributed by atoms with van der Waals surface area (Å²) >= 11 is 0. The summed E-state index contributed by atoms with van der Waals surface area (Å²) in [5.74, 6) is 6.26. The predicted molar refractivity (Wildman–Crippen MR) is 61.0 cm³/mol. The molecule has 0 aliphatic heterocycles. The number of hydrogen-bond donors (Lipinski definition) is 2. The average Bonchev–Trinajstić information content (AvgIpc) is 2.78. The number of aromatic nitrogens is 4. The van der Waals surface area contributed by atoms with E-state index in [1.54, 1.807) is 37.4 Å². The molecular formula is C10H14N6O. The van der Waals surface area contributed by atoms with Gasteiger partial charge in [-0.15, -0.1) is 5.10 Å². The van der Waals surface area contributed by atoms with Gasteiger partial charge in [-0.3, -0.25) is 15.5 Å². The number of hydrogen-bond acceptors (Lipinski definition) is 6. The molecule has 3 N–H and O–H groups in total. The molecule has 7 nitrogen and oxygen atoms in total. The fourth-order valence-electron chi connectivity index (χ4n) is 1.69. The topological polar surface area (TPSA) is 90.9 Å². The van der Waals surface area contributed by atoms with Crippen molar-refractivity contribution in [2.24, 2.45) is 12.9 Å². The van der Waals surface area contributed by atoms with E-state index in [0.29, 0.717) is 5.75 Å². The third-order valence-electron chi connectivity index (χ3n) is 2.56. The summed E-state index contributed by atoms with van der Waals surface area (Å²) in [6, 6.07) is 1.60. The molecular weight excluding hydrogens is 220 g/mol. The Labute approximate surface area is 98.6 Å². The molecule has 1 unspecified atom stereocenters. The molecule has 0 bridgehead atoms.